The lowest BCUT2D eigenvalue weighted by Crippen LogP contribution is -3.14. The topological polar surface area (TPSA) is 102 Å². The number of ether oxygens (including phenoxy) is 1. The summed E-state index contributed by atoms with van der Waals surface area (Å²) in [6.45, 7) is 4.91. The highest BCUT2D eigenvalue weighted by atomic mass is 16.6. The Morgan fingerprint density at radius 2 is 2.00 bits per heavy atom. The van der Waals surface area contributed by atoms with Crippen LogP contribution in [0.15, 0.2) is 54.7 Å². The smallest absolute Gasteiger partial charge is 0.269 e. The zero-order valence-electron chi connectivity index (χ0n) is 17.3. The fourth-order valence-electron chi connectivity index (χ4n) is 4.19. The molecule has 8 nitrogen and oxygen atoms in total. The summed E-state index contributed by atoms with van der Waals surface area (Å²) in [5.74, 6) is -0.346. The summed E-state index contributed by atoms with van der Waals surface area (Å²) < 4.78 is 5.37. The first-order valence-corrected chi connectivity index (χ1v) is 10.6. The molecule has 162 valence electrons. The number of carbonyl (C=O) groups is 1. The Labute approximate surface area is 180 Å². The van der Waals surface area contributed by atoms with Crippen LogP contribution >= 0.6 is 0 Å². The molecule has 0 unspecified atom stereocenters. The average Bonchev–Trinajstić information content (AvgIpc) is 3.22. The van der Waals surface area contributed by atoms with Crippen LogP contribution in [0, 0.1) is 10.1 Å². The van der Waals surface area contributed by atoms with Crippen molar-refractivity contribution in [2.24, 2.45) is 0 Å². The lowest BCUT2D eigenvalue weighted by atomic mass is 9.87. The SMILES string of the molecule is O=C(C[C@H](c1cccc([N+](=O)[O-])c1)c1c[nH]c2ccccc12)NCC[NH+]1CCOCC1. The molecule has 2 heterocycles. The molecule has 0 radical (unpaired) electrons. The fraction of sp³-hybridized carbons (Fsp3) is 0.348. The van der Waals surface area contributed by atoms with Gasteiger partial charge in [0.2, 0.25) is 5.91 Å². The third-order valence-electron chi connectivity index (χ3n) is 5.87. The molecule has 1 aliphatic rings. The molecule has 4 rings (SSSR count). The van der Waals surface area contributed by atoms with Gasteiger partial charge in [0.15, 0.2) is 0 Å². The lowest BCUT2D eigenvalue weighted by molar-refractivity contribution is -0.906. The van der Waals surface area contributed by atoms with Gasteiger partial charge < -0.3 is 19.9 Å². The minimum absolute atomic E-state index is 0.0265. The summed E-state index contributed by atoms with van der Waals surface area (Å²) >= 11 is 0. The van der Waals surface area contributed by atoms with E-state index in [9.17, 15) is 14.9 Å². The first-order valence-electron chi connectivity index (χ1n) is 10.6. The van der Waals surface area contributed by atoms with E-state index in [0.29, 0.717) is 6.54 Å². The van der Waals surface area contributed by atoms with E-state index < -0.39 is 4.92 Å². The number of hydrogen-bond acceptors (Lipinski definition) is 4. The molecule has 1 aromatic heterocycles. The monoisotopic (exact) mass is 423 g/mol. The molecule has 1 amide bonds. The summed E-state index contributed by atoms with van der Waals surface area (Å²) in [6, 6.07) is 14.5. The maximum absolute atomic E-state index is 12.8. The maximum atomic E-state index is 12.8. The van der Waals surface area contributed by atoms with Crippen LogP contribution < -0.4 is 10.2 Å². The van der Waals surface area contributed by atoms with Crippen molar-refractivity contribution >= 4 is 22.5 Å². The number of nitrogens with zero attached hydrogens (tertiary/aromatic N) is 1. The summed E-state index contributed by atoms with van der Waals surface area (Å²) in [5, 5.41) is 15.3. The summed E-state index contributed by atoms with van der Waals surface area (Å²) in [6.07, 6.45) is 2.13. The number of H-pyrrole nitrogens is 1. The highest BCUT2D eigenvalue weighted by molar-refractivity contribution is 5.86. The molecule has 8 heteroatoms. The summed E-state index contributed by atoms with van der Waals surface area (Å²) in [5.41, 5.74) is 2.72. The predicted molar refractivity (Wildman–Crippen MR) is 117 cm³/mol. The number of quaternary nitrogens is 1. The zero-order valence-corrected chi connectivity index (χ0v) is 17.3. The lowest BCUT2D eigenvalue weighted by Gasteiger charge is -2.24. The molecule has 0 spiro atoms. The molecule has 1 aliphatic heterocycles. The molecule has 0 saturated carbocycles. The van der Waals surface area contributed by atoms with Crippen molar-refractivity contribution < 1.29 is 19.4 Å². The number of nitro benzene ring substituents is 1. The number of hydrogen-bond donors (Lipinski definition) is 3. The van der Waals surface area contributed by atoms with Gasteiger partial charge in [-0.05, 0) is 17.2 Å². The second-order valence-electron chi connectivity index (χ2n) is 7.86. The van der Waals surface area contributed by atoms with Crippen molar-refractivity contribution in [3.63, 3.8) is 0 Å². The van der Waals surface area contributed by atoms with Gasteiger partial charge in [-0.2, -0.15) is 0 Å². The summed E-state index contributed by atoms with van der Waals surface area (Å²) in [7, 11) is 0. The number of benzene rings is 2. The van der Waals surface area contributed by atoms with Gasteiger partial charge in [0.05, 0.1) is 31.2 Å². The molecule has 1 fully saturated rings. The molecular formula is C23H27N4O4+. The van der Waals surface area contributed by atoms with Crippen LogP contribution in [0.4, 0.5) is 5.69 Å². The van der Waals surface area contributed by atoms with Crippen LogP contribution in [0.3, 0.4) is 0 Å². The average molecular weight is 423 g/mol. The van der Waals surface area contributed by atoms with Crippen LogP contribution in [0.25, 0.3) is 10.9 Å². The van der Waals surface area contributed by atoms with Crippen molar-refractivity contribution in [2.45, 2.75) is 12.3 Å². The van der Waals surface area contributed by atoms with Crippen LogP contribution in [0.5, 0.6) is 0 Å². The highest BCUT2D eigenvalue weighted by Crippen LogP contribution is 2.34. The number of nitrogens with one attached hydrogen (secondary N) is 3. The van der Waals surface area contributed by atoms with E-state index in [1.165, 1.54) is 11.0 Å². The Kier molecular flexibility index (Phi) is 6.59. The van der Waals surface area contributed by atoms with Crippen molar-refractivity contribution in [2.75, 3.05) is 39.4 Å². The van der Waals surface area contributed by atoms with Crippen molar-refractivity contribution in [3.05, 3.63) is 76.0 Å². The molecule has 0 bridgehead atoms. The molecule has 3 aromatic rings. The molecule has 1 atom stereocenters. The quantitative estimate of drug-likeness (QED) is 0.379. The van der Waals surface area contributed by atoms with E-state index in [1.807, 2.05) is 36.5 Å². The van der Waals surface area contributed by atoms with Gasteiger partial charge in [-0.15, -0.1) is 0 Å². The Hall–Kier alpha value is -3.23. The first-order chi connectivity index (χ1) is 15.1. The molecule has 3 N–H and O–H groups in total. The van der Waals surface area contributed by atoms with Gasteiger partial charge in [0.25, 0.3) is 5.69 Å². The summed E-state index contributed by atoms with van der Waals surface area (Å²) in [4.78, 5) is 28.4. The number of non-ortho nitro benzene ring substituents is 1. The zero-order chi connectivity index (χ0) is 21.6. The van der Waals surface area contributed by atoms with E-state index in [2.05, 4.69) is 10.3 Å². The van der Waals surface area contributed by atoms with Crippen molar-refractivity contribution in [3.8, 4) is 0 Å². The Balaban J connectivity index is 1.53. The van der Waals surface area contributed by atoms with Crippen LogP contribution in [-0.4, -0.2) is 55.2 Å². The van der Waals surface area contributed by atoms with Crippen LogP contribution in [0.1, 0.15) is 23.5 Å². The van der Waals surface area contributed by atoms with Crippen LogP contribution in [-0.2, 0) is 9.53 Å². The molecule has 0 aliphatic carbocycles. The fourth-order valence-corrected chi connectivity index (χ4v) is 4.19. The Bertz CT molecular complexity index is 1060. The normalized spacial score (nSPS) is 15.6. The minimum atomic E-state index is -0.402. The number of aromatic nitrogens is 1. The number of fused-ring (bicyclic) bond motifs is 1. The minimum Gasteiger partial charge on any atom is -0.370 e. The Morgan fingerprint density at radius 1 is 1.19 bits per heavy atom. The van der Waals surface area contributed by atoms with E-state index in [-0.39, 0.29) is 23.9 Å². The van der Waals surface area contributed by atoms with Gasteiger partial charge in [-0.3, -0.25) is 14.9 Å². The number of aromatic amines is 1. The molecule has 31 heavy (non-hydrogen) atoms. The number of nitro groups is 1. The van der Waals surface area contributed by atoms with E-state index in [1.54, 1.807) is 12.1 Å². The number of amides is 1. The van der Waals surface area contributed by atoms with E-state index in [0.717, 1.165) is 54.9 Å². The number of morpholine rings is 1. The number of rotatable bonds is 8. The molecular weight excluding hydrogens is 396 g/mol. The van der Waals surface area contributed by atoms with Gasteiger partial charge >= 0.3 is 0 Å². The highest BCUT2D eigenvalue weighted by Gasteiger charge is 2.23. The second-order valence-corrected chi connectivity index (χ2v) is 7.86. The van der Waals surface area contributed by atoms with Gasteiger partial charge in [-0.1, -0.05) is 30.3 Å². The molecule has 1 saturated heterocycles. The second kappa shape index (κ2) is 9.72. The number of para-hydroxylation sites is 1. The Morgan fingerprint density at radius 3 is 2.81 bits per heavy atom. The van der Waals surface area contributed by atoms with Crippen molar-refractivity contribution in [1.29, 1.82) is 0 Å². The van der Waals surface area contributed by atoms with E-state index >= 15 is 0 Å². The third kappa shape index (κ3) is 5.10. The van der Waals surface area contributed by atoms with Gasteiger partial charge in [0, 0.05) is 41.6 Å². The largest absolute Gasteiger partial charge is 0.370 e. The van der Waals surface area contributed by atoms with Crippen molar-refractivity contribution in [1.82, 2.24) is 10.3 Å². The predicted octanol–water partition coefficient (Wildman–Crippen LogP) is 1.63. The van der Waals surface area contributed by atoms with E-state index in [4.69, 9.17) is 4.74 Å². The van der Waals surface area contributed by atoms with Crippen LogP contribution in [0.2, 0.25) is 0 Å². The standard InChI is InChI=1S/C23H26N4O4/c28-23(24-8-9-26-10-12-31-13-11-26)15-20(17-4-3-5-18(14-17)27(29)30)21-16-25-22-7-2-1-6-19(21)22/h1-7,14,16,20,25H,8-13,15H2,(H,24,28)/p+1/t20-/m1/s1. The maximum Gasteiger partial charge on any atom is 0.269 e. The first kappa shape index (κ1) is 21.0. The number of carbonyl (C=O) groups excluding carboxylic acids is 1. The third-order valence-corrected chi connectivity index (χ3v) is 5.87. The van der Waals surface area contributed by atoms with Gasteiger partial charge in [0.1, 0.15) is 13.1 Å². The van der Waals surface area contributed by atoms with Gasteiger partial charge in [-0.25, -0.2) is 0 Å². The molecule has 2 aromatic carbocycles.